The van der Waals surface area contributed by atoms with E-state index in [0.717, 1.165) is 31.2 Å². The van der Waals surface area contributed by atoms with E-state index in [9.17, 15) is 13.2 Å². The lowest BCUT2D eigenvalue weighted by atomic mass is 10.1. The van der Waals surface area contributed by atoms with Crippen LogP contribution in [0.3, 0.4) is 0 Å². The van der Waals surface area contributed by atoms with E-state index in [4.69, 9.17) is 5.11 Å². The van der Waals surface area contributed by atoms with Crippen LogP contribution in [0.1, 0.15) is 38.2 Å². The maximum atomic E-state index is 12.5. The summed E-state index contributed by atoms with van der Waals surface area (Å²) in [7, 11) is -0.189. The third-order valence-corrected chi connectivity index (χ3v) is 5.17. The zero-order valence-electron chi connectivity index (χ0n) is 14.7. The number of hydrogen-bond acceptors (Lipinski definition) is 4. The minimum absolute atomic E-state index is 0.163. The number of carboxylic acid groups (broad SMARTS) is 1. The molecule has 0 saturated heterocycles. The molecular weight excluding hydrogens is 328 g/mol. The summed E-state index contributed by atoms with van der Waals surface area (Å²) >= 11 is 0. The number of sulfonamides is 1. The number of carbonyl (C=O) groups is 1. The van der Waals surface area contributed by atoms with Crippen LogP contribution in [0.4, 0.5) is 0 Å². The molecule has 1 aromatic carbocycles. The quantitative estimate of drug-likeness (QED) is 0.593. The van der Waals surface area contributed by atoms with E-state index in [1.807, 2.05) is 12.1 Å². The van der Waals surface area contributed by atoms with Crippen molar-refractivity contribution in [3.05, 3.63) is 29.8 Å². The standard InChI is InChI=1S/C17H28N2O4S/c1-4-5-6-7-14-8-10-16(11-9-14)24(22,23)18-15(12-17(20)21)13-19(2)3/h8-11,15,18H,4-7,12-13H2,1-3H3,(H,20,21). The average Bonchev–Trinajstić information content (AvgIpc) is 2.46. The summed E-state index contributed by atoms with van der Waals surface area (Å²) in [6.45, 7) is 2.46. The van der Waals surface area contributed by atoms with Gasteiger partial charge in [0.05, 0.1) is 11.3 Å². The van der Waals surface area contributed by atoms with Gasteiger partial charge in [0.2, 0.25) is 10.0 Å². The Balaban J connectivity index is 2.79. The monoisotopic (exact) mass is 356 g/mol. The molecule has 6 nitrogen and oxygen atoms in total. The van der Waals surface area contributed by atoms with E-state index in [0.29, 0.717) is 6.54 Å². The third-order valence-electron chi connectivity index (χ3n) is 3.63. The van der Waals surface area contributed by atoms with Gasteiger partial charge in [-0.15, -0.1) is 0 Å². The molecule has 0 aliphatic heterocycles. The van der Waals surface area contributed by atoms with E-state index in [-0.39, 0.29) is 11.3 Å². The molecule has 0 saturated carbocycles. The second kappa shape index (κ2) is 9.76. The molecule has 0 fully saturated rings. The number of unbranched alkanes of at least 4 members (excludes halogenated alkanes) is 2. The minimum atomic E-state index is -3.73. The number of nitrogens with one attached hydrogen (secondary N) is 1. The highest BCUT2D eigenvalue weighted by molar-refractivity contribution is 7.89. The number of aryl methyl sites for hydroxylation is 1. The Labute approximate surface area is 144 Å². The summed E-state index contributed by atoms with van der Waals surface area (Å²) in [4.78, 5) is 12.8. The number of benzene rings is 1. The summed E-state index contributed by atoms with van der Waals surface area (Å²) in [6.07, 6.45) is 4.07. The summed E-state index contributed by atoms with van der Waals surface area (Å²) in [5, 5.41) is 8.95. The minimum Gasteiger partial charge on any atom is -0.481 e. The highest BCUT2D eigenvalue weighted by atomic mass is 32.2. The summed E-state index contributed by atoms with van der Waals surface area (Å²) in [6, 6.07) is 6.13. The van der Waals surface area contributed by atoms with Gasteiger partial charge in [0.15, 0.2) is 0 Å². The van der Waals surface area contributed by atoms with Crippen molar-refractivity contribution in [2.24, 2.45) is 0 Å². The van der Waals surface area contributed by atoms with Crippen LogP contribution in [0, 0.1) is 0 Å². The van der Waals surface area contributed by atoms with Crippen molar-refractivity contribution < 1.29 is 18.3 Å². The van der Waals surface area contributed by atoms with E-state index >= 15 is 0 Å². The Morgan fingerprint density at radius 1 is 1.21 bits per heavy atom. The van der Waals surface area contributed by atoms with E-state index in [1.165, 1.54) is 0 Å². The Hall–Kier alpha value is -1.44. The molecule has 1 rings (SSSR count). The molecule has 0 amide bonds. The average molecular weight is 356 g/mol. The molecule has 0 aromatic heterocycles. The van der Waals surface area contributed by atoms with Gasteiger partial charge in [0.25, 0.3) is 0 Å². The fraction of sp³-hybridized carbons (Fsp3) is 0.588. The zero-order chi connectivity index (χ0) is 18.2. The molecule has 0 aliphatic carbocycles. The first-order chi connectivity index (χ1) is 11.2. The van der Waals surface area contributed by atoms with E-state index in [1.54, 1.807) is 31.1 Å². The predicted octanol–water partition coefficient (Wildman–Crippen LogP) is 2.10. The number of nitrogens with zero attached hydrogens (tertiary/aromatic N) is 1. The second-order valence-corrected chi connectivity index (χ2v) is 7.99. The number of likely N-dealkylation sites (N-methyl/N-ethyl adjacent to an activating group) is 1. The van der Waals surface area contributed by atoms with Gasteiger partial charge in [-0.3, -0.25) is 4.79 Å². The molecule has 0 aliphatic rings. The van der Waals surface area contributed by atoms with Crippen LogP contribution in [0.5, 0.6) is 0 Å². The normalized spacial score (nSPS) is 13.2. The largest absolute Gasteiger partial charge is 0.481 e. The van der Waals surface area contributed by atoms with Crippen LogP contribution in [0.25, 0.3) is 0 Å². The van der Waals surface area contributed by atoms with E-state index < -0.39 is 22.0 Å². The molecule has 24 heavy (non-hydrogen) atoms. The Morgan fingerprint density at radius 3 is 2.33 bits per heavy atom. The third kappa shape index (κ3) is 7.42. The molecule has 0 bridgehead atoms. The van der Waals surface area contributed by atoms with Crippen molar-refractivity contribution in [1.82, 2.24) is 9.62 Å². The maximum Gasteiger partial charge on any atom is 0.305 e. The molecule has 136 valence electrons. The van der Waals surface area contributed by atoms with Gasteiger partial charge in [-0.2, -0.15) is 0 Å². The van der Waals surface area contributed by atoms with Gasteiger partial charge in [0, 0.05) is 12.6 Å². The fourth-order valence-electron chi connectivity index (χ4n) is 2.50. The Morgan fingerprint density at radius 2 is 1.83 bits per heavy atom. The van der Waals surface area contributed by atoms with Crippen LogP contribution >= 0.6 is 0 Å². The van der Waals surface area contributed by atoms with Gasteiger partial charge >= 0.3 is 5.97 Å². The molecule has 1 unspecified atom stereocenters. The Kier molecular flexibility index (Phi) is 8.38. The highest BCUT2D eigenvalue weighted by Gasteiger charge is 2.22. The zero-order valence-corrected chi connectivity index (χ0v) is 15.5. The molecule has 0 radical (unpaired) electrons. The number of carboxylic acids is 1. The van der Waals surface area contributed by atoms with Crippen LogP contribution in [0.15, 0.2) is 29.2 Å². The Bertz CT molecular complexity index is 612. The predicted molar refractivity (Wildman–Crippen MR) is 94.6 cm³/mol. The van der Waals surface area contributed by atoms with Gasteiger partial charge in [0.1, 0.15) is 0 Å². The molecule has 2 N–H and O–H groups in total. The summed E-state index contributed by atoms with van der Waals surface area (Å²) in [5.74, 6) is -1.03. The molecule has 7 heteroatoms. The van der Waals surface area contributed by atoms with E-state index in [2.05, 4.69) is 11.6 Å². The van der Waals surface area contributed by atoms with Crippen molar-refractivity contribution >= 4 is 16.0 Å². The maximum absolute atomic E-state index is 12.5. The first kappa shape index (κ1) is 20.6. The molecular formula is C17H28N2O4S. The lowest BCUT2D eigenvalue weighted by molar-refractivity contribution is -0.137. The van der Waals surface area contributed by atoms with Crippen molar-refractivity contribution in [1.29, 1.82) is 0 Å². The van der Waals surface area contributed by atoms with Crippen molar-refractivity contribution in [3.8, 4) is 0 Å². The summed E-state index contributed by atoms with van der Waals surface area (Å²) < 4.78 is 27.4. The van der Waals surface area contributed by atoms with Gasteiger partial charge in [-0.1, -0.05) is 31.9 Å². The highest BCUT2D eigenvalue weighted by Crippen LogP contribution is 2.14. The number of hydrogen-bond donors (Lipinski definition) is 2. The molecule has 1 atom stereocenters. The van der Waals surface area contributed by atoms with Crippen molar-refractivity contribution in [2.75, 3.05) is 20.6 Å². The van der Waals surface area contributed by atoms with Crippen LogP contribution in [-0.4, -0.2) is 51.1 Å². The topological polar surface area (TPSA) is 86.7 Å². The van der Waals surface area contributed by atoms with Gasteiger partial charge in [-0.25, -0.2) is 13.1 Å². The fourth-order valence-corrected chi connectivity index (χ4v) is 3.72. The SMILES string of the molecule is CCCCCc1ccc(S(=O)(=O)NC(CC(=O)O)CN(C)C)cc1. The summed E-state index contributed by atoms with van der Waals surface area (Å²) in [5.41, 5.74) is 1.11. The lowest BCUT2D eigenvalue weighted by Gasteiger charge is -2.20. The first-order valence-corrected chi connectivity index (χ1v) is 9.70. The van der Waals surface area contributed by atoms with Gasteiger partial charge in [-0.05, 0) is 44.6 Å². The molecule has 0 spiro atoms. The number of rotatable bonds is 11. The van der Waals surface area contributed by atoms with Crippen LogP contribution in [-0.2, 0) is 21.2 Å². The van der Waals surface area contributed by atoms with Crippen LogP contribution in [0.2, 0.25) is 0 Å². The van der Waals surface area contributed by atoms with Crippen LogP contribution < -0.4 is 4.72 Å². The van der Waals surface area contributed by atoms with Crippen molar-refractivity contribution in [3.63, 3.8) is 0 Å². The molecule has 1 aromatic rings. The number of aliphatic carboxylic acids is 1. The van der Waals surface area contributed by atoms with Gasteiger partial charge < -0.3 is 10.0 Å². The smallest absolute Gasteiger partial charge is 0.305 e. The lowest BCUT2D eigenvalue weighted by Crippen LogP contribution is -2.42. The van der Waals surface area contributed by atoms with Crippen molar-refractivity contribution in [2.45, 2.75) is 50.0 Å². The molecule has 0 heterocycles. The second-order valence-electron chi connectivity index (χ2n) is 6.28. The first-order valence-electron chi connectivity index (χ1n) is 8.22.